The molecular formula is C12H24NOSi. The molecule has 0 aromatic rings. The predicted octanol–water partition coefficient (Wildman–Crippen LogP) is 3.90. The van der Waals surface area contributed by atoms with Crippen molar-refractivity contribution in [2.24, 2.45) is 0 Å². The summed E-state index contributed by atoms with van der Waals surface area (Å²) in [4.78, 5) is 0. The molecular weight excluding hydrogens is 202 g/mol. The van der Waals surface area contributed by atoms with E-state index >= 15 is 0 Å². The van der Waals surface area contributed by atoms with Crippen molar-refractivity contribution in [3.63, 3.8) is 0 Å². The summed E-state index contributed by atoms with van der Waals surface area (Å²) in [5.74, 6) is 0. The molecule has 0 aromatic carbocycles. The Hall–Kier alpha value is -0.333. The van der Waals surface area contributed by atoms with Gasteiger partial charge >= 0.3 is 0 Å². The van der Waals surface area contributed by atoms with Gasteiger partial charge in [0.1, 0.15) is 0 Å². The van der Waals surface area contributed by atoms with Crippen LogP contribution in [0, 0.1) is 11.3 Å². The summed E-state index contributed by atoms with van der Waals surface area (Å²) in [5, 5.41) is 8.49. The van der Waals surface area contributed by atoms with Gasteiger partial charge in [-0.2, -0.15) is 5.26 Å². The normalized spacial score (nSPS) is 12.7. The van der Waals surface area contributed by atoms with E-state index in [2.05, 4.69) is 26.1 Å². The molecule has 0 amide bonds. The first kappa shape index (κ1) is 14.7. The largest absolute Gasteiger partial charge is 0.414 e. The van der Waals surface area contributed by atoms with Crippen LogP contribution >= 0.6 is 0 Å². The van der Waals surface area contributed by atoms with Crippen LogP contribution < -0.4 is 0 Å². The molecule has 0 saturated heterocycles. The molecule has 0 aromatic heterocycles. The number of hydrogen-bond donors (Lipinski definition) is 0. The summed E-state index contributed by atoms with van der Waals surface area (Å²) >= 11 is 0. The minimum atomic E-state index is -0.589. The van der Waals surface area contributed by atoms with Gasteiger partial charge in [0.05, 0.1) is 6.07 Å². The van der Waals surface area contributed by atoms with Crippen molar-refractivity contribution in [3.8, 4) is 6.07 Å². The van der Waals surface area contributed by atoms with E-state index in [1.54, 1.807) is 0 Å². The van der Waals surface area contributed by atoms with E-state index in [4.69, 9.17) is 9.69 Å². The average molecular weight is 226 g/mol. The fourth-order valence-corrected chi connectivity index (χ4v) is 2.53. The molecule has 0 fully saturated rings. The van der Waals surface area contributed by atoms with Crippen LogP contribution in [-0.2, 0) is 4.43 Å². The van der Waals surface area contributed by atoms with Crippen LogP contribution in [0.5, 0.6) is 0 Å². The lowest BCUT2D eigenvalue weighted by Crippen LogP contribution is -2.20. The Morgan fingerprint density at radius 2 is 1.87 bits per heavy atom. The zero-order valence-corrected chi connectivity index (χ0v) is 11.4. The lowest BCUT2D eigenvalue weighted by Gasteiger charge is -2.19. The van der Waals surface area contributed by atoms with Gasteiger partial charge in [0.25, 0.3) is 0 Å². The Morgan fingerprint density at radius 3 is 2.40 bits per heavy atom. The second kappa shape index (κ2) is 10.2. The molecule has 1 radical (unpaired) electrons. The lowest BCUT2D eigenvalue weighted by atomic mass is 10.1. The maximum absolute atomic E-state index is 8.49. The molecule has 0 heterocycles. The molecule has 1 atom stereocenters. The number of nitriles is 1. The van der Waals surface area contributed by atoms with Gasteiger partial charge in [0.15, 0.2) is 0 Å². The van der Waals surface area contributed by atoms with Gasteiger partial charge in [0, 0.05) is 12.5 Å². The third kappa shape index (κ3) is 9.96. The summed E-state index contributed by atoms with van der Waals surface area (Å²) in [5.41, 5.74) is 0. The highest BCUT2D eigenvalue weighted by atomic mass is 28.3. The van der Waals surface area contributed by atoms with Gasteiger partial charge in [-0.1, -0.05) is 26.2 Å². The van der Waals surface area contributed by atoms with Crippen LogP contribution in [0.25, 0.3) is 0 Å². The first-order chi connectivity index (χ1) is 7.20. The van der Waals surface area contributed by atoms with E-state index in [-0.39, 0.29) is 0 Å². The molecule has 0 bridgehead atoms. The molecule has 0 saturated carbocycles. The Morgan fingerprint density at radius 1 is 1.20 bits per heavy atom. The minimum absolute atomic E-state index is 0.411. The number of unbranched alkanes of at least 4 members (excludes halogenated alkanes) is 3. The van der Waals surface area contributed by atoms with Crippen molar-refractivity contribution in [2.45, 2.75) is 71.1 Å². The molecule has 0 aliphatic rings. The van der Waals surface area contributed by atoms with E-state index in [0.29, 0.717) is 12.5 Å². The molecule has 87 valence electrons. The Bertz CT molecular complexity index is 177. The maximum atomic E-state index is 8.49. The summed E-state index contributed by atoms with van der Waals surface area (Å²) in [6.07, 6.45) is 8.14. The molecule has 1 unspecified atom stereocenters. The number of hydrogen-bond acceptors (Lipinski definition) is 2. The van der Waals surface area contributed by atoms with Crippen LogP contribution in [0.1, 0.15) is 51.9 Å². The second-order valence-electron chi connectivity index (χ2n) is 4.19. The van der Waals surface area contributed by atoms with E-state index in [1.165, 1.54) is 25.7 Å². The topological polar surface area (TPSA) is 33.0 Å². The zero-order valence-electron chi connectivity index (χ0n) is 10.4. The summed E-state index contributed by atoms with van der Waals surface area (Å²) in [6, 6.07) is 2.20. The van der Waals surface area contributed by atoms with Crippen LogP contribution in [-0.4, -0.2) is 15.1 Å². The molecule has 0 spiro atoms. The number of nitrogens with zero attached hydrogens (tertiary/aromatic N) is 1. The van der Waals surface area contributed by atoms with Gasteiger partial charge < -0.3 is 4.43 Å². The van der Waals surface area contributed by atoms with Crippen LogP contribution in [0.15, 0.2) is 0 Å². The number of rotatable bonds is 9. The zero-order chi connectivity index (χ0) is 11.5. The third-order valence-electron chi connectivity index (χ3n) is 2.35. The van der Waals surface area contributed by atoms with Crippen molar-refractivity contribution >= 4 is 9.04 Å². The summed E-state index contributed by atoms with van der Waals surface area (Å²) in [6.45, 7) is 6.59. The van der Waals surface area contributed by atoms with E-state index in [9.17, 15) is 0 Å². The first-order valence-corrected chi connectivity index (χ1v) is 8.45. The molecule has 0 aliphatic heterocycles. The van der Waals surface area contributed by atoms with E-state index < -0.39 is 9.04 Å². The average Bonchev–Trinajstić information content (AvgIpc) is 2.17. The SMILES string of the molecule is CCCCCC(CCCC#N)O[Si](C)C. The van der Waals surface area contributed by atoms with Gasteiger partial charge in [-0.25, -0.2) is 0 Å². The molecule has 15 heavy (non-hydrogen) atoms. The second-order valence-corrected chi connectivity index (χ2v) is 6.25. The highest BCUT2D eigenvalue weighted by molar-refractivity contribution is 6.48. The third-order valence-corrected chi connectivity index (χ3v) is 3.15. The van der Waals surface area contributed by atoms with Crippen molar-refractivity contribution in [1.82, 2.24) is 0 Å². The molecule has 0 rings (SSSR count). The molecule has 2 nitrogen and oxygen atoms in total. The quantitative estimate of drug-likeness (QED) is 0.441. The van der Waals surface area contributed by atoms with E-state index in [0.717, 1.165) is 12.8 Å². The highest BCUT2D eigenvalue weighted by Gasteiger charge is 2.11. The van der Waals surface area contributed by atoms with Gasteiger partial charge in [-0.15, -0.1) is 0 Å². The summed E-state index contributed by atoms with van der Waals surface area (Å²) in [7, 11) is -0.589. The summed E-state index contributed by atoms with van der Waals surface area (Å²) < 4.78 is 5.94. The Labute approximate surface area is 96.4 Å². The van der Waals surface area contributed by atoms with Crippen LogP contribution in [0.3, 0.4) is 0 Å². The van der Waals surface area contributed by atoms with Gasteiger partial charge in [-0.05, 0) is 32.4 Å². The molecule has 0 N–H and O–H groups in total. The van der Waals surface area contributed by atoms with Gasteiger partial charge in [-0.3, -0.25) is 0 Å². The highest BCUT2D eigenvalue weighted by Crippen LogP contribution is 2.14. The van der Waals surface area contributed by atoms with Crippen molar-refractivity contribution < 1.29 is 4.43 Å². The maximum Gasteiger partial charge on any atom is 0.205 e. The van der Waals surface area contributed by atoms with Gasteiger partial charge in [0.2, 0.25) is 9.04 Å². The van der Waals surface area contributed by atoms with Crippen molar-refractivity contribution in [2.75, 3.05) is 0 Å². The monoisotopic (exact) mass is 226 g/mol. The van der Waals surface area contributed by atoms with E-state index in [1.807, 2.05) is 0 Å². The molecule has 3 heteroatoms. The Kier molecular flexibility index (Phi) is 9.97. The first-order valence-electron chi connectivity index (χ1n) is 6.04. The minimum Gasteiger partial charge on any atom is -0.414 e. The molecule has 0 aliphatic carbocycles. The fourth-order valence-electron chi connectivity index (χ4n) is 1.63. The van der Waals surface area contributed by atoms with Crippen LogP contribution in [0.4, 0.5) is 0 Å². The van der Waals surface area contributed by atoms with Crippen LogP contribution in [0.2, 0.25) is 13.1 Å². The van der Waals surface area contributed by atoms with Crippen molar-refractivity contribution in [1.29, 1.82) is 5.26 Å². The van der Waals surface area contributed by atoms with Crippen molar-refractivity contribution in [3.05, 3.63) is 0 Å². The standard InChI is InChI=1S/C12H24NOSi/c1-4-5-6-9-12(14-15(2)3)10-7-8-11-13/h12H,4-10H2,1-3H3. The predicted molar refractivity (Wildman–Crippen MR) is 66.0 cm³/mol. The Balaban J connectivity index is 3.69. The fraction of sp³-hybridized carbons (Fsp3) is 0.917. The smallest absolute Gasteiger partial charge is 0.205 e. The lowest BCUT2D eigenvalue weighted by molar-refractivity contribution is 0.177.